The van der Waals surface area contributed by atoms with E-state index in [1.807, 2.05) is 6.07 Å². The number of rotatable bonds is 2. The van der Waals surface area contributed by atoms with Gasteiger partial charge < -0.3 is 24.9 Å². The van der Waals surface area contributed by atoms with Crippen LogP contribution in [0.25, 0.3) is 49.9 Å². The van der Waals surface area contributed by atoms with Gasteiger partial charge in [-0.1, -0.05) is 122 Å². The fourth-order valence-corrected chi connectivity index (χ4v) is 12.8. The summed E-state index contributed by atoms with van der Waals surface area (Å²) >= 11 is 0. The Morgan fingerprint density at radius 2 is 1.43 bits per heavy atom. The first-order valence-corrected chi connectivity index (χ1v) is 20.1. The molecule has 0 radical (unpaired) electrons. The number of nitrogens with zero attached hydrogens (tertiary/aromatic N) is 3. The fourth-order valence-electron chi connectivity index (χ4n) is 12.8. The minimum atomic E-state index is 0.0328. The zero-order valence-corrected chi connectivity index (χ0v) is 30.1. The Morgan fingerprint density at radius 3 is 2.28 bits per heavy atom. The first-order chi connectivity index (χ1) is 26.8. The van der Waals surface area contributed by atoms with Gasteiger partial charge in [0.1, 0.15) is 17.3 Å². The van der Waals surface area contributed by atoms with Crippen molar-refractivity contribution >= 4 is 33.9 Å². The van der Waals surface area contributed by atoms with E-state index in [1.54, 1.807) is 11.1 Å². The Bertz CT molecular complexity index is 2600. The number of hydrogen-bond donors (Lipinski definition) is 2. The lowest BCUT2D eigenvalue weighted by atomic mass is 9.61. The van der Waals surface area contributed by atoms with Crippen molar-refractivity contribution in [3.05, 3.63) is 150 Å². The topological polar surface area (TPSA) is 56.0 Å². The lowest BCUT2D eigenvalue weighted by Crippen LogP contribution is -2.60. The van der Waals surface area contributed by atoms with E-state index in [0.29, 0.717) is 29.8 Å². The molecule has 3 fully saturated rings. The maximum absolute atomic E-state index is 6.41. The van der Waals surface area contributed by atoms with Crippen LogP contribution in [-0.2, 0) is 5.41 Å². The third kappa shape index (κ3) is 3.60. The molecule has 7 aliphatic rings. The van der Waals surface area contributed by atoms with Crippen molar-refractivity contribution in [2.24, 2.45) is 22.7 Å². The minimum Gasteiger partial charge on any atom is -0.455 e. The van der Waals surface area contributed by atoms with Gasteiger partial charge in [-0.05, 0) is 76.5 Å². The summed E-state index contributed by atoms with van der Waals surface area (Å²) in [6, 6.07) is 43.5. The lowest BCUT2D eigenvalue weighted by Gasteiger charge is -2.49. The van der Waals surface area contributed by atoms with E-state index >= 15 is 0 Å². The van der Waals surface area contributed by atoms with E-state index in [2.05, 4.69) is 142 Å². The summed E-state index contributed by atoms with van der Waals surface area (Å²) in [5.74, 6) is 4.08. The highest BCUT2D eigenvalue weighted by Crippen LogP contribution is 2.70. The van der Waals surface area contributed by atoms with Gasteiger partial charge in [-0.15, -0.1) is 0 Å². The highest BCUT2D eigenvalue weighted by Gasteiger charge is 2.70. The van der Waals surface area contributed by atoms with Crippen molar-refractivity contribution in [3.63, 3.8) is 0 Å². The quantitative estimate of drug-likeness (QED) is 0.188. The molecule has 3 aliphatic carbocycles. The average Bonchev–Trinajstić information content (AvgIpc) is 4.05. The zero-order chi connectivity index (χ0) is 35.1. The Labute approximate surface area is 314 Å². The second-order valence-electron chi connectivity index (χ2n) is 16.6. The monoisotopic (exact) mass is 703 g/mol. The predicted molar refractivity (Wildman–Crippen MR) is 215 cm³/mol. The summed E-state index contributed by atoms with van der Waals surface area (Å²) in [7, 11) is 0. The van der Waals surface area contributed by atoms with Gasteiger partial charge in [0.2, 0.25) is 0 Å². The summed E-state index contributed by atoms with van der Waals surface area (Å²) in [6.07, 6.45) is 10.9. The molecule has 5 heterocycles. The van der Waals surface area contributed by atoms with Crippen LogP contribution in [0.5, 0.6) is 0 Å². The molecule has 1 saturated heterocycles. The molecular weight excluding hydrogens is 663 g/mol. The summed E-state index contributed by atoms with van der Waals surface area (Å²) in [6.45, 7) is 0.735. The van der Waals surface area contributed by atoms with Crippen molar-refractivity contribution in [1.29, 1.82) is 0 Å². The van der Waals surface area contributed by atoms with Crippen LogP contribution in [0.4, 0.5) is 0 Å². The minimum absolute atomic E-state index is 0.0328. The Morgan fingerprint density at radius 1 is 0.704 bits per heavy atom. The number of nitrogens with one attached hydrogen (secondary N) is 2. The predicted octanol–water partition coefficient (Wildman–Crippen LogP) is 9.44. The summed E-state index contributed by atoms with van der Waals surface area (Å²) in [5.41, 5.74) is 12.7. The van der Waals surface area contributed by atoms with E-state index in [0.717, 1.165) is 57.7 Å². The lowest BCUT2D eigenvalue weighted by molar-refractivity contribution is 0.0771. The normalized spacial score (nSPS) is 27.9. The van der Waals surface area contributed by atoms with Crippen molar-refractivity contribution in [2.75, 3.05) is 6.54 Å². The van der Waals surface area contributed by atoms with Crippen molar-refractivity contribution in [1.82, 2.24) is 20.4 Å². The smallest absolute Gasteiger partial charge is 0.170 e. The first-order valence-electron chi connectivity index (χ1n) is 20.1. The molecule has 6 aromatic rings. The van der Waals surface area contributed by atoms with Gasteiger partial charge in [-0.2, -0.15) is 0 Å². The van der Waals surface area contributed by atoms with Gasteiger partial charge in [-0.25, -0.2) is 4.99 Å². The standard InChI is InChI=1S/C48H41N5O/c1-5-16-36-31(10-1)32-11-2-6-17-37(32)48(36)38-18-7-3-13-35(38)43-39(48)26-40-45-51-27-41(53(45)47-46(52(40)43)49-24-25-50-47)29-22-20-28(21-23-29)30-14-9-15-34-33-12-4-8-19-42(33)54-44(30)34/h1-2,4-6,8-12,14-17,19-24,27,35,38-40,43,45,50-51H,3,7,13,18,25-26H2. The van der Waals surface area contributed by atoms with E-state index in [-0.39, 0.29) is 11.6 Å². The van der Waals surface area contributed by atoms with Gasteiger partial charge in [0.15, 0.2) is 11.6 Å². The molecule has 1 spiro atoms. The van der Waals surface area contributed by atoms with Crippen LogP contribution in [0.15, 0.2) is 143 Å². The van der Waals surface area contributed by atoms with Gasteiger partial charge in [-0.3, -0.25) is 0 Å². The van der Waals surface area contributed by atoms with Crippen molar-refractivity contribution < 1.29 is 4.42 Å². The molecule has 6 unspecified atom stereocenters. The molecule has 6 heteroatoms. The van der Waals surface area contributed by atoms with Crippen molar-refractivity contribution in [3.8, 4) is 22.3 Å². The molecule has 0 bridgehead atoms. The van der Waals surface area contributed by atoms with Gasteiger partial charge in [0, 0.05) is 40.2 Å². The third-order valence-electron chi connectivity index (χ3n) is 14.5. The second-order valence-corrected chi connectivity index (χ2v) is 16.6. The molecule has 6 nitrogen and oxygen atoms in total. The highest BCUT2D eigenvalue weighted by atomic mass is 16.3. The molecule has 264 valence electrons. The number of fused-ring (bicyclic) bond motifs is 19. The number of para-hydroxylation sites is 2. The van der Waals surface area contributed by atoms with Crippen molar-refractivity contribution in [2.45, 2.75) is 55.8 Å². The maximum Gasteiger partial charge on any atom is 0.170 e. The van der Waals surface area contributed by atoms with Gasteiger partial charge in [0.25, 0.3) is 0 Å². The zero-order valence-electron chi connectivity index (χ0n) is 30.1. The van der Waals surface area contributed by atoms with Crippen LogP contribution in [0.2, 0.25) is 0 Å². The largest absolute Gasteiger partial charge is 0.455 e. The second kappa shape index (κ2) is 10.7. The Hall–Kier alpha value is -5.75. The van der Waals surface area contributed by atoms with Gasteiger partial charge >= 0.3 is 0 Å². The van der Waals surface area contributed by atoms with E-state index < -0.39 is 0 Å². The average molecular weight is 704 g/mol. The number of aliphatic imine (C=N–C) groups is 1. The Kier molecular flexibility index (Phi) is 5.87. The molecule has 4 aliphatic heterocycles. The molecule has 2 saturated carbocycles. The summed E-state index contributed by atoms with van der Waals surface area (Å²) in [4.78, 5) is 10.7. The van der Waals surface area contributed by atoms with E-state index in [4.69, 9.17) is 9.41 Å². The molecular formula is C48H41N5O. The van der Waals surface area contributed by atoms with Crippen LogP contribution in [-0.4, -0.2) is 40.8 Å². The molecule has 0 amide bonds. The molecule has 5 aromatic carbocycles. The Balaban J connectivity index is 0.908. The van der Waals surface area contributed by atoms with Crippen LogP contribution in [0, 0.1) is 17.8 Å². The molecule has 2 N–H and O–H groups in total. The fraction of sp³-hybridized carbons (Fsp3) is 0.271. The molecule has 1 aromatic heterocycles. The third-order valence-corrected chi connectivity index (χ3v) is 14.5. The maximum atomic E-state index is 6.41. The molecule has 54 heavy (non-hydrogen) atoms. The molecule has 6 atom stereocenters. The number of hydrogen-bond acceptors (Lipinski definition) is 6. The number of benzene rings is 5. The summed E-state index contributed by atoms with van der Waals surface area (Å²) in [5, 5.41) is 10.1. The van der Waals surface area contributed by atoms with Gasteiger partial charge in [0.05, 0.1) is 18.3 Å². The van der Waals surface area contributed by atoms with Crippen LogP contribution >= 0.6 is 0 Å². The van der Waals surface area contributed by atoms with E-state index in [1.165, 1.54) is 48.1 Å². The highest BCUT2D eigenvalue weighted by molar-refractivity contribution is 6.09. The first kappa shape index (κ1) is 29.7. The SMILES string of the molecule is C1=NC2=C(NC1)N1C(c3ccc(-c4cccc5c4oc4ccccc45)cc3)=CNC1C1CC3C(C4CCCCC4C34c3ccccc3-c3ccccc34)N21. The van der Waals surface area contributed by atoms with Crippen LogP contribution in [0.1, 0.15) is 48.8 Å². The van der Waals surface area contributed by atoms with Crippen LogP contribution < -0.4 is 10.6 Å². The molecule has 13 rings (SSSR count). The summed E-state index contributed by atoms with van der Waals surface area (Å²) < 4.78 is 6.41. The van der Waals surface area contributed by atoms with Crippen LogP contribution in [0.3, 0.4) is 0 Å². The van der Waals surface area contributed by atoms with E-state index in [9.17, 15) is 0 Å². The number of furan rings is 1.